The van der Waals surface area contributed by atoms with Crippen LogP contribution in [-0.4, -0.2) is 11.7 Å². The van der Waals surface area contributed by atoms with E-state index in [1.807, 2.05) is 30.3 Å². The third kappa shape index (κ3) is 3.02. The Hall–Kier alpha value is -1.81. The molecule has 1 unspecified atom stereocenters. The van der Waals surface area contributed by atoms with Gasteiger partial charge in [-0.2, -0.15) is 0 Å². The summed E-state index contributed by atoms with van der Waals surface area (Å²) < 4.78 is 13.9. The number of rotatable bonds is 3. The Balaban J connectivity index is 1.79. The highest BCUT2D eigenvalue weighted by Crippen LogP contribution is 2.37. The lowest BCUT2D eigenvalue weighted by Gasteiger charge is -2.26. The molecule has 4 heteroatoms. The molecule has 0 spiro atoms. The molecule has 2 aromatic carbocycles. The van der Waals surface area contributed by atoms with Gasteiger partial charge in [-0.1, -0.05) is 31.2 Å². The maximum Gasteiger partial charge on any atom is 0.251 e. The van der Waals surface area contributed by atoms with Crippen LogP contribution in [-0.2, 0) is 6.42 Å². The first-order valence-corrected chi connectivity index (χ1v) is 8.48. The molecule has 1 aliphatic rings. The number of nitrogens with one attached hydrogen (secondary N) is 1. The quantitative estimate of drug-likeness (QED) is 0.912. The van der Waals surface area contributed by atoms with Crippen LogP contribution in [0.15, 0.2) is 47.4 Å². The zero-order chi connectivity index (χ0) is 15.5. The van der Waals surface area contributed by atoms with E-state index in [2.05, 4.69) is 12.2 Å². The number of carbonyl (C=O) groups excluding carboxylic acids is 1. The van der Waals surface area contributed by atoms with Crippen LogP contribution in [0.3, 0.4) is 0 Å². The molecule has 1 amide bonds. The molecule has 0 saturated heterocycles. The Morgan fingerprint density at radius 2 is 2.05 bits per heavy atom. The smallest absolute Gasteiger partial charge is 0.251 e. The number of fused-ring (bicyclic) bond motifs is 1. The minimum Gasteiger partial charge on any atom is -0.345 e. The van der Waals surface area contributed by atoms with E-state index in [1.165, 1.54) is 23.4 Å². The Labute approximate surface area is 134 Å². The molecule has 0 aromatic heterocycles. The Kier molecular flexibility index (Phi) is 4.48. The minimum atomic E-state index is -0.200. The maximum atomic E-state index is 13.9. The van der Waals surface area contributed by atoms with Crippen LogP contribution in [0.2, 0.25) is 0 Å². The molecule has 0 bridgehead atoms. The molecule has 114 valence electrons. The van der Waals surface area contributed by atoms with Crippen molar-refractivity contribution in [2.75, 3.05) is 5.75 Å². The first-order valence-electron chi connectivity index (χ1n) is 7.50. The van der Waals surface area contributed by atoms with E-state index < -0.39 is 0 Å². The number of hydrogen-bond donors (Lipinski definition) is 1. The molecule has 2 nitrogen and oxygen atoms in total. The third-order valence-electron chi connectivity index (χ3n) is 3.96. The summed E-state index contributed by atoms with van der Waals surface area (Å²) in [5, 5.41) is 3.04. The summed E-state index contributed by atoms with van der Waals surface area (Å²) in [6.45, 7) is 2.08. The van der Waals surface area contributed by atoms with Crippen LogP contribution >= 0.6 is 11.8 Å². The van der Waals surface area contributed by atoms with Gasteiger partial charge >= 0.3 is 0 Å². The van der Waals surface area contributed by atoms with E-state index in [9.17, 15) is 9.18 Å². The average molecular weight is 315 g/mol. The zero-order valence-electron chi connectivity index (χ0n) is 12.4. The van der Waals surface area contributed by atoms with E-state index in [0.717, 1.165) is 24.2 Å². The lowest BCUT2D eigenvalue weighted by atomic mass is 10.0. The van der Waals surface area contributed by atoms with E-state index in [1.54, 1.807) is 6.07 Å². The molecule has 3 rings (SSSR count). The zero-order valence-corrected chi connectivity index (χ0v) is 13.3. The number of hydrogen-bond acceptors (Lipinski definition) is 2. The highest BCUT2D eigenvalue weighted by atomic mass is 32.2. The van der Waals surface area contributed by atoms with Crippen LogP contribution in [0.1, 0.15) is 40.9 Å². The summed E-state index contributed by atoms with van der Waals surface area (Å²) in [6, 6.07) is 12.6. The molecular formula is C18H18FNOS. The van der Waals surface area contributed by atoms with Crippen LogP contribution in [0.4, 0.5) is 4.39 Å². The number of benzene rings is 2. The number of thioether (sulfide) groups is 1. The van der Waals surface area contributed by atoms with Crippen molar-refractivity contribution < 1.29 is 9.18 Å². The topological polar surface area (TPSA) is 29.1 Å². The number of carbonyl (C=O) groups is 1. The van der Waals surface area contributed by atoms with Crippen LogP contribution in [0, 0.1) is 5.82 Å². The van der Waals surface area contributed by atoms with Gasteiger partial charge in [-0.3, -0.25) is 4.79 Å². The minimum absolute atomic E-state index is 0.102. The molecule has 0 saturated carbocycles. The van der Waals surface area contributed by atoms with Gasteiger partial charge in [0.15, 0.2) is 0 Å². The van der Waals surface area contributed by atoms with Gasteiger partial charge < -0.3 is 5.32 Å². The second-order valence-corrected chi connectivity index (χ2v) is 6.48. The second kappa shape index (κ2) is 6.53. The van der Waals surface area contributed by atoms with Crippen molar-refractivity contribution in [3.8, 4) is 0 Å². The summed E-state index contributed by atoms with van der Waals surface area (Å²) in [5.41, 5.74) is 2.74. The summed E-state index contributed by atoms with van der Waals surface area (Å²) in [6.07, 6.45) is 1.77. The van der Waals surface area contributed by atoms with Crippen molar-refractivity contribution in [2.45, 2.75) is 30.7 Å². The molecule has 0 fully saturated rings. The predicted octanol–water partition coefficient (Wildman–Crippen LogP) is 4.36. The Bertz CT molecular complexity index is 684. The molecular weight excluding hydrogens is 297 g/mol. The van der Waals surface area contributed by atoms with Gasteiger partial charge in [0.25, 0.3) is 5.91 Å². The molecule has 1 atom stereocenters. The standard InChI is InChI=1S/C18H18FNOS/c1-2-12-6-8-13(9-7-12)18(21)20-16-10-11-22-17-14(16)4-3-5-15(17)19/h3-9,16H,2,10-11H2,1H3,(H,20,21). The molecule has 1 heterocycles. The maximum absolute atomic E-state index is 13.9. The van der Waals surface area contributed by atoms with Gasteiger partial charge in [-0.15, -0.1) is 11.8 Å². The van der Waals surface area contributed by atoms with Gasteiger partial charge in [0.05, 0.1) is 6.04 Å². The highest BCUT2D eigenvalue weighted by molar-refractivity contribution is 7.99. The van der Waals surface area contributed by atoms with Crippen LogP contribution in [0.5, 0.6) is 0 Å². The normalized spacial score (nSPS) is 16.9. The van der Waals surface area contributed by atoms with Gasteiger partial charge in [-0.05, 0) is 42.2 Å². The van der Waals surface area contributed by atoms with E-state index in [0.29, 0.717) is 10.5 Å². The molecule has 0 aliphatic carbocycles. The van der Waals surface area contributed by atoms with Gasteiger partial charge in [0, 0.05) is 16.2 Å². The Morgan fingerprint density at radius 3 is 2.77 bits per heavy atom. The first-order chi connectivity index (χ1) is 10.7. The molecule has 1 N–H and O–H groups in total. The second-order valence-electron chi connectivity index (χ2n) is 5.37. The van der Waals surface area contributed by atoms with Crippen molar-refractivity contribution in [3.63, 3.8) is 0 Å². The third-order valence-corrected chi connectivity index (χ3v) is 5.11. The van der Waals surface area contributed by atoms with E-state index in [4.69, 9.17) is 0 Å². The van der Waals surface area contributed by atoms with Gasteiger partial charge in [0.1, 0.15) is 5.82 Å². The van der Waals surface area contributed by atoms with Crippen molar-refractivity contribution in [1.29, 1.82) is 0 Å². The van der Waals surface area contributed by atoms with Gasteiger partial charge in [-0.25, -0.2) is 4.39 Å². The Morgan fingerprint density at radius 1 is 1.27 bits per heavy atom. The summed E-state index contributed by atoms with van der Waals surface area (Å²) in [4.78, 5) is 13.1. The van der Waals surface area contributed by atoms with E-state index >= 15 is 0 Å². The van der Waals surface area contributed by atoms with Gasteiger partial charge in [0.2, 0.25) is 0 Å². The summed E-state index contributed by atoms with van der Waals surface area (Å²) in [5.74, 6) is 0.511. The fraction of sp³-hybridized carbons (Fsp3) is 0.278. The SMILES string of the molecule is CCc1ccc(C(=O)NC2CCSc3c(F)cccc32)cc1. The van der Waals surface area contributed by atoms with Crippen LogP contribution < -0.4 is 5.32 Å². The number of amides is 1. The summed E-state index contributed by atoms with van der Waals surface area (Å²) >= 11 is 1.52. The lowest BCUT2D eigenvalue weighted by Crippen LogP contribution is -2.30. The predicted molar refractivity (Wildman–Crippen MR) is 87.8 cm³/mol. The highest BCUT2D eigenvalue weighted by Gasteiger charge is 2.24. The van der Waals surface area contributed by atoms with Crippen molar-refractivity contribution in [1.82, 2.24) is 5.32 Å². The fourth-order valence-electron chi connectivity index (χ4n) is 2.67. The number of halogens is 1. The molecule has 1 aliphatic heterocycles. The monoisotopic (exact) mass is 315 g/mol. The average Bonchev–Trinajstić information content (AvgIpc) is 2.56. The molecule has 0 radical (unpaired) electrons. The summed E-state index contributed by atoms with van der Waals surface area (Å²) in [7, 11) is 0. The molecule has 22 heavy (non-hydrogen) atoms. The van der Waals surface area contributed by atoms with Crippen molar-refractivity contribution in [2.24, 2.45) is 0 Å². The first kappa shape index (κ1) is 15.1. The fourth-order valence-corrected chi connectivity index (χ4v) is 3.81. The largest absolute Gasteiger partial charge is 0.345 e. The van der Waals surface area contributed by atoms with Crippen LogP contribution in [0.25, 0.3) is 0 Å². The van der Waals surface area contributed by atoms with Crippen molar-refractivity contribution >= 4 is 17.7 Å². The lowest BCUT2D eigenvalue weighted by molar-refractivity contribution is 0.0934. The van der Waals surface area contributed by atoms with Crippen molar-refractivity contribution in [3.05, 3.63) is 65.0 Å². The molecule has 2 aromatic rings. The number of aryl methyl sites for hydroxylation is 1. The van der Waals surface area contributed by atoms with E-state index in [-0.39, 0.29) is 17.8 Å².